The van der Waals surface area contributed by atoms with Crippen molar-refractivity contribution in [1.29, 1.82) is 0 Å². The molecule has 0 spiro atoms. The van der Waals surface area contributed by atoms with E-state index < -0.39 is 0 Å². The monoisotopic (exact) mass is 213 g/mol. The van der Waals surface area contributed by atoms with Gasteiger partial charge < -0.3 is 10.8 Å². The lowest BCUT2D eigenvalue weighted by molar-refractivity contribution is -0.0700. The Bertz CT molecular complexity index is 199. The van der Waals surface area contributed by atoms with E-state index in [-0.39, 0.29) is 16.9 Å². The second kappa shape index (κ2) is 4.42. The van der Waals surface area contributed by atoms with E-state index in [0.29, 0.717) is 6.54 Å². The molecular weight excluding hydrogens is 186 g/mol. The molecule has 1 unspecified atom stereocenters. The molecule has 0 radical (unpaired) electrons. The van der Waals surface area contributed by atoms with Crippen LogP contribution in [-0.2, 0) is 0 Å². The van der Waals surface area contributed by atoms with Crippen molar-refractivity contribution in [3.63, 3.8) is 0 Å². The van der Waals surface area contributed by atoms with Crippen molar-refractivity contribution in [2.75, 3.05) is 6.54 Å². The van der Waals surface area contributed by atoms with Crippen molar-refractivity contribution in [2.45, 2.75) is 59.5 Å². The van der Waals surface area contributed by atoms with Crippen LogP contribution >= 0.6 is 0 Å². The summed E-state index contributed by atoms with van der Waals surface area (Å²) >= 11 is 0. The van der Waals surface area contributed by atoms with Gasteiger partial charge >= 0.3 is 0 Å². The molecular formula is C13H27NO. The number of nitrogens with two attached hydrogens (primary N) is 1. The highest BCUT2D eigenvalue weighted by atomic mass is 16.3. The van der Waals surface area contributed by atoms with E-state index in [4.69, 9.17) is 5.73 Å². The van der Waals surface area contributed by atoms with Crippen LogP contribution in [0, 0.1) is 16.7 Å². The third-order valence-electron chi connectivity index (χ3n) is 4.08. The molecule has 1 rings (SSSR count). The first-order valence-corrected chi connectivity index (χ1v) is 6.20. The zero-order chi connectivity index (χ0) is 11.7. The first kappa shape index (κ1) is 13.0. The van der Waals surface area contributed by atoms with Gasteiger partial charge in [-0.2, -0.15) is 0 Å². The second-order valence-electron chi connectivity index (χ2n) is 6.52. The van der Waals surface area contributed by atoms with Crippen molar-refractivity contribution >= 4 is 0 Å². The number of aliphatic hydroxyl groups excluding tert-OH is 1. The van der Waals surface area contributed by atoms with Gasteiger partial charge in [0, 0.05) is 12.0 Å². The summed E-state index contributed by atoms with van der Waals surface area (Å²) in [7, 11) is 0. The number of aliphatic hydroxyl groups is 1. The third kappa shape index (κ3) is 2.73. The maximum atomic E-state index is 10.5. The molecule has 2 heteroatoms. The smallest absolute Gasteiger partial charge is 0.0656 e. The van der Waals surface area contributed by atoms with Crippen LogP contribution in [-0.4, -0.2) is 17.8 Å². The molecule has 1 atom stereocenters. The van der Waals surface area contributed by atoms with Crippen molar-refractivity contribution < 1.29 is 5.11 Å². The number of hydrogen-bond acceptors (Lipinski definition) is 2. The standard InChI is InChI=1S/C13H27NO/c1-10-5-7-13(9-14,8-6-10)11(15)12(2,3)4/h10-11,15H,5-9,14H2,1-4H3. The molecule has 1 aliphatic rings. The largest absolute Gasteiger partial charge is 0.392 e. The first-order chi connectivity index (χ1) is 6.82. The van der Waals surface area contributed by atoms with Gasteiger partial charge in [-0.25, -0.2) is 0 Å². The van der Waals surface area contributed by atoms with Crippen molar-refractivity contribution in [2.24, 2.45) is 22.5 Å². The van der Waals surface area contributed by atoms with E-state index in [1.807, 2.05) is 0 Å². The van der Waals surface area contributed by atoms with Crippen molar-refractivity contribution in [1.82, 2.24) is 0 Å². The summed E-state index contributed by atoms with van der Waals surface area (Å²) in [5.74, 6) is 0.803. The van der Waals surface area contributed by atoms with Crippen LogP contribution in [0.4, 0.5) is 0 Å². The Morgan fingerprint density at radius 3 is 2.13 bits per heavy atom. The molecule has 0 aromatic carbocycles. The molecule has 0 heterocycles. The first-order valence-electron chi connectivity index (χ1n) is 6.20. The molecule has 0 amide bonds. The fourth-order valence-electron chi connectivity index (χ4n) is 2.84. The summed E-state index contributed by atoms with van der Waals surface area (Å²) in [4.78, 5) is 0. The van der Waals surface area contributed by atoms with E-state index >= 15 is 0 Å². The zero-order valence-electron chi connectivity index (χ0n) is 10.7. The number of rotatable bonds is 2. The fourth-order valence-corrected chi connectivity index (χ4v) is 2.84. The van der Waals surface area contributed by atoms with E-state index in [1.54, 1.807) is 0 Å². The molecule has 2 nitrogen and oxygen atoms in total. The summed E-state index contributed by atoms with van der Waals surface area (Å²) in [5, 5.41) is 10.5. The van der Waals surface area contributed by atoms with Crippen LogP contribution < -0.4 is 5.73 Å². The highest BCUT2D eigenvalue weighted by Gasteiger charge is 2.44. The molecule has 0 aromatic rings. The van der Waals surface area contributed by atoms with E-state index in [9.17, 15) is 5.11 Å². The van der Waals surface area contributed by atoms with E-state index in [1.165, 1.54) is 12.8 Å². The van der Waals surface area contributed by atoms with E-state index in [0.717, 1.165) is 18.8 Å². The third-order valence-corrected chi connectivity index (χ3v) is 4.08. The van der Waals surface area contributed by atoms with Gasteiger partial charge in [-0.3, -0.25) is 0 Å². The lowest BCUT2D eigenvalue weighted by atomic mass is 9.62. The Kier molecular flexibility index (Phi) is 3.83. The summed E-state index contributed by atoms with van der Waals surface area (Å²) in [6.07, 6.45) is 4.32. The fraction of sp³-hybridized carbons (Fsp3) is 1.00. The predicted octanol–water partition coefficient (Wildman–Crippen LogP) is 2.55. The molecule has 0 aromatic heterocycles. The van der Waals surface area contributed by atoms with Crippen LogP contribution in [0.1, 0.15) is 53.4 Å². The zero-order valence-corrected chi connectivity index (χ0v) is 10.7. The maximum Gasteiger partial charge on any atom is 0.0656 e. The molecule has 90 valence electrons. The minimum absolute atomic E-state index is 0.0231. The highest BCUT2D eigenvalue weighted by Crippen LogP contribution is 2.45. The quantitative estimate of drug-likeness (QED) is 0.740. The van der Waals surface area contributed by atoms with Gasteiger partial charge in [-0.1, -0.05) is 40.5 Å². The molecule has 3 N–H and O–H groups in total. The average molecular weight is 213 g/mol. The molecule has 15 heavy (non-hydrogen) atoms. The van der Waals surface area contributed by atoms with Crippen molar-refractivity contribution in [3.8, 4) is 0 Å². The normalized spacial score (nSPS) is 35.2. The van der Waals surface area contributed by atoms with Gasteiger partial charge in [-0.05, 0) is 24.2 Å². The molecule has 1 fully saturated rings. The van der Waals surface area contributed by atoms with Crippen LogP contribution in [0.5, 0.6) is 0 Å². The van der Waals surface area contributed by atoms with Crippen LogP contribution in [0.15, 0.2) is 0 Å². The van der Waals surface area contributed by atoms with Gasteiger partial charge in [0.1, 0.15) is 0 Å². The molecule has 1 aliphatic carbocycles. The predicted molar refractivity (Wildman–Crippen MR) is 64.6 cm³/mol. The molecule has 0 bridgehead atoms. The minimum atomic E-state index is -0.275. The SMILES string of the molecule is CC1CCC(CN)(C(O)C(C)(C)C)CC1. The Labute approximate surface area is 94.2 Å². The summed E-state index contributed by atoms with van der Waals surface area (Å²) in [6, 6.07) is 0. The lowest BCUT2D eigenvalue weighted by Gasteiger charge is -2.47. The number of hydrogen-bond donors (Lipinski definition) is 2. The summed E-state index contributed by atoms with van der Waals surface area (Å²) < 4.78 is 0. The van der Waals surface area contributed by atoms with Crippen LogP contribution in [0.25, 0.3) is 0 Å². The topological polar surface area (TPSA) is 46.2 Å². The van der Waals surface area contributed by atoms with Gasteiger partial charge in [0.05, 0.1) is 6.10 Å². The summed E-state index contributed by atoms with van der Waals surface area (Å²) in [6.45, 7) is 9.23. The van der Waals surface area contributed by atoms with Gasteiger partial charge in [0.15, 0.2) is 0 Å². The van der Waals surface area contributed by atoms with Gasteiger partial charge in [0.2, 0.25) is 0 Å². The maximum absolute atomic E-state index is 10.5. The molecule has 0 aliphatic heterocycles. The van der Waals surface area contributed by atoms with Gasteiger partial charge in [-0.15, -0.1) is 0 Å². The summed E-state index contributed by atoms with van der Waals surface area (Å²) in [5.41, 5.74) is 5.84. The molecule has 1 saturated carbocycles. The van der Waals surface area contributed by atoms with Crippen LogP contribution in [0.2, 0.25) is 0 Å². The minimum Gasteiger partial charge on any atom is -0.392 e. The van der Waals surface area contributed by atoms with Crippen molar-refractivity contribution in [3.05, 3.63) is 0 Å². The Morgan fingerprint density at radius 2 is 1.80 bits per heavy atom. The Morgan fingerprint density at radius 1 is 1.33 bits per heavy atom. The van der Waals surface area contributed by atoms with Crippen LogP contribution in [0.3, 0.4) is 0 Å². The second-order valence-corrected chi connectivity index (χ2v) is 6.52. The van der Waals surface area contributed by atoms with Gasteiger partial charge in [0.25, 0.3) is 0 Å². The van der Waals surface area contributed by atoms with E-state index in [2.05, 4.69) is 27.7 Å². The Hall–Kier alpha value is -0.0800. The molecule has 0 saturated heterocycles. The average Bonchev–Trinajstić information content (AvgIpc) is 2.17. The Balaban J connectivity index is 2.77. The lowest BCUT2D eigenvalue weighted by Crippen LogP contribution is -2.50. The highest BCUT2D eigenvalue weighted by molar-refractivity contribution is 4.95.